The third-order valence-corrected chi connectivity index (χ3v) is 4.30. The SMILES string of the molecule is CC.CC(C)N[C@@H](Cc1c[nH]c2ccc(O)cc12)c1csc(N)n1. The maximum absolute atomic E-state index is 9.72. The van der Waals surface area contributed by atoms with E-state index >= 15 is 0 Å². The van der Waals surface area contributed by atoms with Crippen LogP contribution < -0.4 is 11.1 Å². The van der Waals surface area contributed by atoms with E-state index < -0.39 is 0 Å². The van der Waals surface area contributed by atoms with Gasteiger partial charge < -0.3 is 21.1 Å². The average Bonchev–Trinajstić information content (AvgIpc) is 3.15. The van der Waals surface area contributed by atoms with Crippen molar-refractivity contribution in [1.29, 1.82) is 0 Å². The lowest BCUT2D eigenvalue weighted by Gasteiger charge is -2.19. The fraction of sp³-hybridized carbons (Fsp3) is 0.389. The van der Waals surface area contributed by atoms with Gasteiger partial charge in [-0.1, -0.05) is 27.7 Å². The summed E-state index contributed by atoms with van der Waals surface area (Å²) in [7, 11) is 0. The van der Waals surface area contributed by atoms with Gasteiger partial charge in [0, 0.05) is 28.5 Å². The van der Waals surface area contributed by atoms with E-state index in [1.54, 1.807) is 12.1 Å². The maximum atomic E-state index is 9.72. The van der Waals surface area contributed by atoms with E-state index in [4.69, 9.17) is 5.73 Å². The summed E-state index contributed by atoms with van der Waals surface area (Å²) in [5.74, 6) is 0.277. The number of phenolic OH excluding ortho intramolecular Hbond substituents is 1. The number of phenols is 1. The number of hydrogen-bond donors (Lipinski definition) is 4. The van der Waals surface area contributed by atoms with Gasteiger partial charge in [-0.05, 0) is 30.2 Å². The van der Waals surface area contributed by atoms with Crippen molar-refractivity contribution < 1.29 is 5.11 Å². The van der Waals surface area contributed by atoms with Gasteiger partial charge in [0.2, 0.25) is 0 Å². The number of nitrogen functional groups attached to an aromatic ring is 1. The molecule has 0 aliphatic heterocycles. The largest absolute Gasteiger partial charge is 0.508 e. The molecule has 0 bridgehead atoms. The number of anilines is 1. The minimum Gasteiger partial charge on any atom is -0.508 e. The molecule has 0 aliphatic carbocycles. The molecule has 5 N–H and O–H groups in total. The Kier molecular flexibility index (Phi) is 6.23. The van der Waals surface area contributed by atoms with Gasteiger partial charge in [-0.15, -0.1) is 11.3 Å². The second-order valence-electron chi connectivity index (χ2n) is 5.73. The number of aromatic nitrogens is 2. The summed E-state index contributed by atoms with van der Waals surface area (Å²) in [6.45, 7) is 8.23. The van der Waals surface area contributed by atoms with Crippen LogP contribution in [-0.2, 0) is 6.42 Å². The van der Waals surface area contributed by atoms with Crippen LogP contribution in [0.2, 0.25) is 0 Å². The molecule has 0 aliphatic rings. The smallest absolute Gasteiger partial charge is 0.180 e. The van der Waals surface area contributed by atoms with Crippen molar-refractivity contribution in [3.8, 4) is 5.75 Å². The molecule has 1 atom stereocenters. The number of nitrogens with zero attached hydrogens (tertiary/aromatic N) is 1. The molecular weight excluding hydrogens is 320 g/mol. The van der Waals surface area contributed by atoms with Gasteiger partial charge in [0.25, 0.3) is 0 Å². The first-order chi connectivity index (χ1) is 11.5. The molecular formula is C18H26N4OS. The van der Waals surface area contributed by atoms with Crippen LogP contribution in [0.4, 0.5) is 5.13 Å². The number of nitrogens with one attached hydrogen (secondary N) is 2. The van der Waals surface area contributed by atoms with Crippen molar-refractivity contribution in [2.45, 2.75) is 46.2 Å². The first-order valence-electron chi connectivity index (χ1n) is 8.29. The van der Waals surface area contributed by atoms with Crippen molar-refractivity contribution in [1.82, 2.24) is 15.3 Å². The van der Waals surface area contributed by atoms with E-state index in [1.807, 2.05) is 31.5 Å². The molecule has 6 heteroatoms. The number of H-pyrrole nitrogens is 1. The number of aromatic hydroxyl groups is 1. The van der Waals surface area contributed by atoms with Crippen LogP contribution >= 0.6 is 11.3 Å². The van der Waals surface area contributed by atoms with Crippen molar-refractivity contribution >= 4 is 27.4 Å². The lowest BCUT2D eigenvalue weighted by Crippen LogP contribution is -2.29. The Morgan fingerprint density at radius 1 is 1.33 bits per heavy atom. The Morgan fingerprint density at radius 3 is 2.71 bits per heavy atom. The zero-order valence-corrected chi connectivity index (χ0v) is 15.4. The van der Waals surface area contributed by atoms with Gasteiger partial charge in [0.15, 0.2) is 5.13 Å². The second-order valence-corrected chi connectivity index (χ2v) is 6.62. The highest BCUT2D eigenvalue weighted by molar-refractivity contribution is 7.13. The number of thiazole rings is 1. The first-order valence-corrected chi connectivity index (χ1v) is 9.17. The van der Waals surface area contributed by atoms with E-state index in [1.165, 1.54) is 11.3 Å². The summed E-state index contributed by atoms with van der Waals surface area (Å²) in [6.07, 6.45) is 2.78. The van der Waals surface area contributed by atoms with Gasteiger partial charge in [-0.25, -0.2) is 4.98 Å². The zero-order chi connectivity index (χ0) is 17.7. The van der Waals surface area contributed by atoms with Crippen LogP contribution in [0.15, 0.2) is 29.8 Å². The highest BCUT2D eigenvalue weighted by atomic mass is 32.1. The number of rotatable bonds is 5. The lowest BCUT2D eigenvalue weighted by molar-refractivity contribution is 0.468. The van der Waals surface area contributed by atoms with Crippen LogP contribution in [0.3, 0.4) is 0 Å². The lowest BCUT2D eigenvalue weighted by atomic mass is 10.0. The number of benzene rings is 1. The van der Waals surface area contributed by atoms with E-state index in [2.05, 4.69) is 29.1 Å². The fourth-order valence-corrected chi connectivity index (χ4v) is 3.28. The molecule has 1 aromatic carbocycles. The summed E-state index contributed by atoms with van der Waals surface area (Å²) >= 11 is 1.46. The molecule has 0 spiro atoms. The fourth-order valence-electron chi connectivity index (χ4n) is 2.67. The summed E-state index contributed by atoms with van der Waals surface area (Å²) in [5, 5.41) is 16.9. The molecule has 3 aromatic rings. The van der Waals surface area contributed by atoms with Crippen LogP contribution in [0.25, 0.3) is 10.9 Å². The molecule has 3 rings (SSSR count). The standard InChI is InChI=1S/C16H20N4OS.C2H6/c1-9(2)19-14(15-8-22-16(17)20-15)5-10-7-18-13-4-3-11(21)6-12(10)13;1-2/h3-4,6-9,14,18-19,21H,5H2,1-2H3,(H2,17,20);1-2H3/t14-;/m0./s1. The number of hydrogen-bond acceptors (Lipinski definition) is 5. The van der Waals surface area contributed by atoms with Crippen molar-refractivity contribution in [2.75, 3.05) is 5.73 Å². The highest BCUT2D eigenvalue weighted by Gasteiger charge is 2.18. The Balaban J connectivity index is 0.00000100. The molecule has 0 unspecified atom stereocenters. The molecule has 0 fully saturated rings. The third kappa shape index (κ3) is 4.27. The molecule has 0 saturated carbocycles. The molecule has 0 saturated heterocycles. The van der Waals surface area contributed by atoms with Gasteiger partial charge in [-0.2, -0.15) is 0 Å². The highest BCUT2D eigenvalue weighted by Crippen LogP contribution is 2.28. The molecule has 2 heterocycles. The molecule has 2 aromatic heterocycles. The quantitative estimate of drug-likeness (QED) is 0.557. The minimum atomic E-state index is 0.0925. The van der Waals surface area contributed by atoms with Crippen LogP contribution in [0.5, 0.6) is 5.75 Å². The second kappa shape index (κ2) is 8.17. The summed E-state index contributed by atoms with van der Waals surface area (Å²) in [4.78, 5) is 7.67. The van der Waals surface area contributed by atoms with Gasteiger partial charge in [0.1, 0.15) is 5.75 Å². The van der Waals surface area contributed by atoms with Crippen LogP contribution in [-0.4, -0.2) is 21.1 Å². The van der Waals surface area contributed by atoms with Gasteiger partial charge in [0.05, 0.1) is 11.7 Å². The molecule has 24 heavy (non-hydrogen) atoms. The molecule has 0 amide bonds. The Bertz CT molecular complexity index is 778. The minimum absolute atomic E-state index is 0.0925. The van der Waals surface area contributed by atoms with Crippen LogP contribution in [0.1, 0.15) is 45.0 Å². The van der Waals surface area contributed by atoms with Crippen molar-refractivity contribution in [3.63, 3.8) is 0 Å². The third-order valence-electron chi connectivity index (χ3n) is 3.61. The topological polar surface area (TPSA) is 87.0 Å². The zero-order valence-electron chi connectivity index (χ0n) is 14.6. The van der Waals surface area contributed by atoms with E-state index in [9.17, 15) is 5.11 Å². The molecule has 5 nitrogen and oxygen atoms in total. The summed E-state index contributed by atoms with van der Waals surface area (Å²) < 4.78 is 0. The Labute approximate surface area is 146 Å². The normalized spacial score (nSPS) is 12.2. The predicted octanol–water partition coefficient (Wildman–Crippen LogP) is 4.22. The first kappa shape index (κ1) is 18.3. The number of nitrogens with two attached hydrogens (primary N) is 1. The Hall–Kier alpha value is -2.05. The number of fused-ring (bicyclic) bond motifs is 1. The predicted molar refractivity (Wildman–Crippen MR) is 103 cm³/mol. The summed E-state index contributed by atoms with van der Waals surface area (Å²) in [6, 6.07) is 5.80. The monoisotopic (exact) mass is 346 g/mol. The van der Waals surface area contributed by atoms with Crippen LogP contribution in [0, 0.1) is 0 Å². The summed E-state index contributed by atoms with van der Waals surface area (Å²) in [5.41, 5.74) is 8.91. The van der Waals surface area contributed by atoms with E-state index in [0.29, 0.717) is 11.2 Å². The maximum Gasteiger partial charge on any atom is 0.180 e. The van der Waals surface area contributed by atoms with E-state index in [-0.39, 0.29) is 11.8 Å². The van der Waals surface area contributed by atoms with Gasteiger partial charge in [-0.3, -0.25) is 0 Å². The Morgan fingerprint density at radius 2 is 2.08 bits per heavy atom. The average molecular weight is 347 g/mol. The van der Waals surface area contributed by atoms with Gasteiger partial charge >= 0.3 is 0 Å². The molecule has 0 radical (unpaired) electrons. The van der Waals surface area contributed by atoms with E-state index in [0.717, 1.165) is 28.6 Å². The number of aromatic amines is 1. The van der Waals surface area contributed by atoms with Crippen molar-refractivity contribution in [3.05, 3.63) is 41.0 Å². The van der Waals surface area contributed by atoms with Crippen molar-refractivity contribution in [2.24, 2.45) is 0 Å². The molecule has 130 valence electrons.